The van der Waals surface area contributed by atoms with Crippen LogP contribution in [-0.4, -0.2) is 28.8 Å². The van der Waals surface area contributed by atoms with Gasteiger partial charge in [-0.2, -0.15) is 0 Å². The summed E-state index contributed by atoms with van der Waals surface area (Å²) in [4.78, 5) is 38.3. The van der Waals surface area contributed by atoms with Gasteiger partial charge in [0.05, 0.1) is 23.6 Å². The Morgan fingerprint density at radius 2 is 1.74 bits per heavy atom. The third-order valence-electron chi connectivity index (χ3n) is 5.83. The highest BCUT2D eigenvalue weighted by atomic mass is 16.6. The average Bonchev–Trinajstić information content (AvgIpc) is 3.14. The molecular formula is C26H22N2O6. The molecule has 3 aromatic rings. The van der Waals surface area contributed by atoms with Crippen molar-refractivity contribution in [3.05, 3.63) is 105 Å². The normalized spacial score (nSPS) is 17.1. The van der Waals surface area contributed by atoms with Crippen LogP contribution in [0.3, 0.4) is 0 Å². The van der Waals surface area contributed by atoms with Gasteiger partial charge in [-0.15, -0.1) is 0 Å². The van der Waals surface area contributed by atoms with Crippen LogP contribution in [0.2, 0.25) is 0 Å². The number of carbonyl (C=O) groups is 2. The number of hydrogen-bond donors (Lipinski definition) is 1. The quantitative estimate of drug-likeness (QED) is 0.187. The van der Waals surface area contributed by atoms with Crippen molar-refractivity contribution in [2.24, 2.45) is 0 Å². The molecule has 1 amide bonds. The zero-order chi connectivity index (χ0) is 24.4. The molecule has 0 saturated carbocycles. The average molecular weight is 458 g/mol. The van der Waals surface area contributed by atoms with Crippen molar-refractivity contribution in [2.75, 3.05) is 12.0 Å². The Labute approximate surface area is 195 Å². The smallest absolute Gasteiger partial charge is 0.300 e. The molecule has 1 unspecified atom stereocenters. The van der Waals surface area contributed by atoms with Crippen molar-refractivity contribution < 1.29 is 24.4 Å². The Morgan fingerprint density at radius 1 is 1.06 bits per heavy atom. The number of non-ortho nitro benzene ring substituents is 1. The number of aryl methyl sites for hydroxylation is 1. The first-order chi connectivity index (χ1) is 16.3. The Kier molecular flexibility index (Phi) is 6.14. The molecule has 1 heterocycles. The number of methoxy groups -OCH3 is 1. The van der Waals surface area contributed by atoms with Crippen molar-refractivity contribution in [2.45, 2.75) is 19.4 Å². The number of nitrogens with zero attached hydrogens (tertiary/aromatic N) is 2. The third-order valence-corrected chi connectivity index (χ3v) is 5.83. The van der Waals surface area contributed by atoms with Crippen LogP contribution < -0.4 is 9.64 Å². The fraction of sp³-hybridized carbons (Fsp3) is 0.154. The van der Waals surface area contributed by atoms with Gasteiger partial charge in [0.2, 0.25) is 0 Å². The molecule has 3 aromatic carbocycles. The van der Waals surface area contributed by atoms with Crippen LogP contribution >= 0.6 is 0 Å². The maximum atomic E-state index is 13.2. The summed E-state index contributed by atoms with van der Waals surface area (Å²) < 4.78 is 5.22. The summed E-state index contributed by atoms with van der Waals surface area (Å²) in [6.07, 6.45) is 0.813. The zero-order valence-corrected chi connectivity index (χ0v) is 18.6. The maximum Gasteiger partial charge on any atom is 0.300 e. The summed E-state index contributed by atoms with van der Waals surface area (Å²) in [6.45, 7) is 2.01. The highest BCUT2D eigenvalue weighted by Gasteiger charge is 2.47. The summed E-state index contributed by atoms with van der Waals surface area (Å²) in [5.41, 5.74) is 1.83. The molecule has 1 atom stereocenters. The topological polar surface area (TPSA) is 110 Å². The number of benzene rings is 3. The number of ether oxygens (including phenoxy) is 1. The molecular weight excluding hydrogens is 436 g/mol. The number of nitro benzene ring substituents is 1. The Hall–Kier alpha value is -4.46. The lowest BCUT2D eigenvalue weighted by Gasteiger charge is -2.25. The molecule has 172 valence electrons. The number of carbonyl (C=O) groups excluding carboxylic acids is 2. The summed E-state index contributed by atoms with van der Waals surface area (Å²) in [6, 6.07) is 18.5. The number of Topliss-reactive ketones (excluding diaryl/α,β-unsaturated/α-hetero) is 1. The Bertz CT molecular complexity index is 1300. The summed E-state index contributed by atoms with van der Waals surface area (Å²) in [5, 5.41) is 22.3. The molecule has 34 heavy (non-hydrogen) atoms. The van der Waals surface area contributed by atoms with Crippen molar-refractivity contribution in [3.63, 3.8) is 0 Å². The molecule has 1 aliphatic heterocycles. The zero-order valence-electron chi connectivity index (χ0n) is 18.6. The van der Waals surface area contributed by atoms with E-state index in [2.05, 4.69) is 0 Å². The van der Waals surface area contributed by atoms with E-state index in [1.54, 1.807) is 36.4 Å². The van der Waals surface area contributed by atoms with Crippen LogP contribution in [0.25, 0.3) is 5.76 Å². The first kappa shape index (κ1) is 22.7. The van der Waals surface area contributed by atoms with E-state index in [0.29, 0.717) is 17.0 Å². The lowest BCUT2D eigenvalue weighted by atomic mass is 9.95. The fourth-order valence-corrected chi connectivity index (χ4v) is 4.01. The Morgan fingerprint density at radius 3 is 2.32 bits per heavy atom. The molecule has 0 aliphatic carbocycles. The number of aliphatic hydroxyl groups is 1. The van der Waals surface area contributed by atoms with E-state index in [1.807, 2.05) is 19.1 Å². The number of rotatable bonds is 6. The standard InChI is InChI=1S/C26H22N2O6/c1-3-16-7-11-19(12-8-16)27-23(17-9-13-21(34-2)14-10-17)22(25(30)26(27)31)24(29)18-5-4-6-20(15-18)28(32)33/h4-15,23,29H,3H2,1-2H3/b24-22-. The maximum absolute atomic E-state index is 13.2. The van der Waals surface area contributed by atoms with Gasteiger partial charge in [0, 0.05) is 23.4 Å². The summed E-state index contributed by atoms with van der Waals surface area (Å²) in [7, 11) is 1.53. The molecule has 4 rings (SSSR count). The molecule has 1 N–H and O–H groups in total. The number of anilines is 1. The van der Waals surface area contributed by atoms with Gasteiger partial charge in [-0.1, -0.05) is 43.3 Å². The van der Waals surface area contributed by atoms with E-state index in [0.717, 1.165) is 12.0 Å². The molecule has 1 fully saturated rings. The second-order valence-electron chi connectivity index (χ2n) is 7.77. The van der Waals surface area contributed by atoms with Crippen molar-refractivity contribution in [1.29, 1.82) is 0 Å². The third kappa shape index (κ3) is 4.01. The van der Waals surface area contributed by atoms with E-state index in [-0.39, 0.29) is 16.8 Å². The van der Waals surface area contributed by atoms with Crippen LogP contribution in [0.5, 0.6) is 5.75 Å². The number of aliphatic hydroxyl groups excluding tert-OH is 1. The van der Waals surface area contributed by atoms with Gasteiger partial charge >= 0.3 is 0 Å². The molecule has 8 nitrogen and oxygen atoms in total. The summed E-state index contributed by atoms with van der Waals surface area (Å²) in [5.74, 6) is -1.55. The predicted octanol–water partition coefficient (Wildman–Crippen LogP) is 4.79. The van der Waals surface area contributed by atoms with E-state index in [9.17, 15) is 24.8 Å². The fourth-order valence-electron chi connectivity index (χ4n) is 4.01. The molecule has 0 aromatic heterocycles. The lowest BCUT2D eigenvalue weighted by Crippen LogP contribution is -2.29. The molecule has 1 aliphatic rings. The van der Waals surface area contributed by atoms with Crippen LogP contribution in [-0.2, 0) is 16.0 Å². The highest BCUT2D eigenvalue weighted by molar-refractivity contribution is 6.51. The van der Waals surface area contributed by atoms with E-state index in [1.165, 1.54) is 36.3 Å². The van der Waals surface area contributed by atoms with Crippen LogP contribution in [0.1, 0.15) is 29.7 Å². The Balaban J connectivity index is 1.92. The summed E-state index contributed by atoms with van der Waals surface area (Å²) >= 11 is 0. The second kappa shape index (κ2) is 9.19. The van der Waals surface area contributed by atoms with Crippen molar-refractivity contribution in [1.82, 2.24) is 0 Å². The minimum Gasteiger partial charge on any atom is -0.507 e. The monoisotopic (exact) mass is 458 g/mol. The molecule has 0 radical (unpaired) electrons. The van der Waals surface area contributed by atoms with E-state index in [4.69, 9.17) is 4.74 Å². The van der Waals surface area contributed by atoms with Gasteiger partial charge in [-0.05, 0) is 41.8 Å². The van der Waals surface area contributed by atoms with Gasteiger partial charge in [-0.25, -0.2) is 0 Å². The molecule has 1 saturated heterocycles. The number of ketones is 1. The first-order valence-corrected chi connectivity index (χ1v) is 10.6. The predicted molar refractivity (Wildman–Crippen MR) is 127 cm³/mol. The van der Waals surface area contributed by atoms with E-state index >= 15 is 0 Å². The lowest BCUT2D eigenvalue weighted by molar-refractivity contribution is -0.384. The van der Waals surface area contributed by atoms with Crippen molar-refractivity contribution >= 4 is 28.8 Å². The van der Waals surface area contributed by atoms with Gasteiger partial charge in [0.25, 0.3) is 17.4 Å². The number of amides is 1. The van der Waals surface area contributed by atoms with Crippen molar-refractivity contribution in [3.8, 4) is 5.75 Å². The minimum absolute atomic E-state index is 0.0760. The van der Waals surface area contributed by atoms with E-state index < -0.39 is 28.4 Å². The molecule has 8 heteroatoms. The number of hydrogen-bond acceptors (Lipinski definition) is 6. The van der Waals surface area contributed by atoms with Gasteiger partial charge in [0.15, 0.2) is 0 Å². The van der Waals surface area contributed by atoms with Crippen LogP contribution in [0.15, 0.2) is 78.4 Å². The van der Waals surface area contributed by atoms with Gasteiger partial charge < -0.3 is 9.84 Å². The van der Waals surface area contributed by atoms with Crippen LogP contribution in [0.4, 0.5) is 11.4 Å². The van der Waals surface area contributed by atoms with Crippen LogP contribution in [0, 0.1) is 10.1 Å². The first-order valence-electron chi connectivity index (χ1n) is 10.6. The van der Waals surface area contributed by atoms with Gasteiger partial charge in [-0.3, -0.25) is 24.6 Å². The largest absolute Gasteiger partial charge is 0.507 e. The SMILES string of the molecule is CCc1ccc(N2C(=O)C(=O)/C(=C(\O)c3cccc([N+](=O)[O-])c3)C2c2ccc(OC)cc2)cc1. The second-order valence-corrected chi connectivity index (χ2v) is 7.77. The molecule has 0 spiro atoms. The molecule has 0 bridgehead atoms. The number of nitro groups is 1. The highest BCUT2D eigenvalue weighted by Crippen LogP contribution is 2.42. The van der Waals surface area contributed by atoms with Gasteiger partial charge in [0.1, 0.15) is 11.5 Å². The minimum atomic E-state index is -0.933.